The fraction of sp³-hybridized carbons (Fsp3) is 0.667. The van der Waals surface area contributed by atoms with E-state index in [0.717, 1.165) is 18.4 Å². The standard InChI is InChI=1S/C15H21F2N3O/c16-15(17)4-7-19(10-15)5-1-6-20-9-12(11-2-3-11)8-13(18)14(20)21/h8-9,11H,1-7,10,18H2. The molecular formula is C15H21F2N3O. The molecule has 1 saturated carbocycles. The van der Waals surface area contributed by atoms with Crippen LogP contribution >= 0.6 is 0 Å². The molecule has 116 valence electrons. The summed E-state index contributed by atoms with van der Waals surface area (Å²) in [6.07, 6.45) is 4.82. The van der Waals surface area contributed by atoms with Gasteiger partial charge in [-0.3, -0.25) is 9.69 Å². The topological polar surface area (TPSA) is 51.3 Å². The molecule has 0 radical (unpaired) electrons. The fourth-order valence-corrected chi connectivity index (χ4v) is 2.95. The van der Waals surface area contributed by atoms with Gasteiger partial charge in [-0.15, -0.1) is 0 Å². The van der Waals surface area contributed by atoms with Gasteiger partial charge < -0.3 is 10.3 Å². The molecule has 1 aliphatic heterocycles. The molecule has 1 aromatic heterocycles. The molecular weight excluding hydrogens is 276 g/mol. The van der Waals surface area contributed by atoms with Crippen LogP contribution in [0.4, 0.5) is 14.5 Å². The smallest absolute Gasteiger partial charge is 0.273 e. The van der Waals surface area contributed by atoms with E-state index in [4.69, 9.17) is 5.73 Å². The van der Waals surface area contributed by atoms with E-state index in [1.165, 1.54) is 0 Å². The predicted octanol–water partition coefficient (Wildman–Crippen LogP) is 2.04. The minimum Gasteiger partial charge on any atom is -0.394 e. The van der Waals surface area contributed by atoms with Crippen molar-refractivity contribution in [2.45, 2.75) is 44.1 Å². The largest absolute Gasteiger partial charge is 0.394 e. The van der Waals surface area contributed by atoms with Gasteiger partial charge in [0, 0.05) is 32.3 Å². The second-order valence-corrected chi connectivity index (χ2v) is 6.24. The number of aryl methyl sites for hydroxylation is 1. The van der Waals surface area contributed by atoms with Gasteiger partial charge in [-0.2, -0.15) is 0 Å². The van der Waals surface area contributed by atoms with Crippen LogP contribution in [0.2, 0.25) is 0 Å². The van der Waals surface area contributed by atoms with Crippen molar-refractivity contribution >= 4 is 5.69 Å². The van der Waals surface area contributed by atoms with E-state index in [2.05, 4.69) is 0 Å². The first-order valence-electron chi connectivity index (χ1n) is 7.55. The molecule has 1 saturated heterocycles. The number of hydrogen-bond donors (Lipinski definition) is 1. The molecule has 0 atom stereocenters. The number of pyridine rings is 1. The molecule has 1 aliphatic carbocycles. The first-order valence-corrected chi connectivity index (χ1v) is 7.55. The number of nitrogens with zero attached hydrogens (tertiary/aromatic N) is 2. The second-order valence-electron chi connectivity index (χ2n) is 6.24. The van der Waals surface area contributed by atoms with E-state index < -0.39 is 5.92 Å². The highest BCUT2D eigenvalue weighted by Gasteiger charge is 2.37. The van der Waals surface area contributed by atoms with Gasteiger partial charge in [-0.05, 0) is 36.8 Å². The predicted molar refractivity (Wildman–Crippen MR) is 77.7 cm³/mol. The van der Waals surface area contributed by atoms with Crippen molar-refractivity contribution in [3.8, 4) is 0 Å². The van der Waals surface area contributed by atoms with Gasteiger partial charge in [0.1, 0.15) is 0 Å². The summed E-state index contributed by atoms with van der Waals surface area (Å²) in [6.45, 7) is 1.40. The summed E-state index contributed by atoms with van der Waals surface area (Å²) in [5.41, 5.74) is 7.01. The van der Waals surface area contributed by atoms with Gasteiger partial charge >= 0.3 is 0 Å². The SMILES string of the molecule is Nc1cc(C2CC2)cn(CCCN2CCC(F)(F)C2)c1=O. The molecule has 0 bridgehead atoms. The number of nitrogen functional groups attached to an aromatic ring is 1. The Morgan fingerprint density at radius 3 is 2.71 bits per heavy atom. The lowest BCUT2D eigenvalue weighted by Crippen LogP contribution is -2.28. The summed E-state index contributed by atoms with van der Waals surface area (Å²) in [5.74, 6) is -2.01. The summed E-state index contributed by atoms with van der Waals surface area (Å²) < 4.78 is 27.8. The second kappa shape index (κ2) is 5.40. The first-order chi connectivity index (χ1) is 9.94. The number of alkyl halides is 2. The maximum Gasteiger partial charge on any atom is 0.273 e. The monoisotopic (exact) mass is 297 g/mol. The Kier molecular flexibility index (Phi) is 3.73. The number of aromatic nitrogens is 1. The summed E-state index contributed by atoms with van der Waals surface area (Å²) in [4.78, 5) is 13.8. The molecule has 4 nitrogen and oxygen atoms in total. The van der Waals surface area contributed by atoms with E-state index in [9.17, 15) is 13.6 Å². The Labute approximate surface area is 122 Å². The molecule has 2 fully saturated rings. The number of rotatable bonds is 5. The van der Waals surface area contributed by atoms with Gasteiger partial charge in [0.25, 0.3) is 11.5 Å². The molecule has 0 amide bonds. The van der Waals surface area contributed by atoms with Crippen molar-refractivity contribution < 1.29 is 8.78 Å². The Morgan fingerprint density at radius 1 is 1.33 bits per heavy atom. The molecule has 0 unspecified atom stereocenters. The number of nitrogens with two attached hydrogens (primary N) is 1. The van der Waals surface area contributed by atoms with Crippen LogP contribution in [0.5, 0.6) is 0 Å². The highest BCUT2D eigenvalue weighted by atomic mass is 19.3. The van der Waals surface area contributed by atoms with Crippen LogP contribution in [-0.4, -0.2) is 35.0 Å². The van der Waals surface area contributed by atoms with E-state index in [-0.39, 0.29) is 24.2 Å². The van der Waals surface area contributed by atoms with E-state index in [1.54, 1.807) is 15.5 Å². The number of likely N-dealkylation sites (tertiary alicyclic amines) is 1. The summed E-state index contributed by atoms with van der Waals surface area (Å²) in [6, 6.07) is 1.78. The molecule has 3 rings (SSSR count). The average Bonchev–Trinajstić information content (AvgIpc) is 3.20. The van der Waals surface area contributed by atoms with Gasteiger partial charge in [0.05, 0.1) is 12.2 Å². The minimum absolute atomic E-state index is 0.0585. The van der Waals surface area contributed by atoms with Crippen LogP contribution in [0.25, 0.3) is 0 Å². The van der Waals surface area contributed by atoms with Crippen molar-refractivity contribution in [3.05, 3.63) is 28.2 Å². The Balaban J connectivity index is 1.59. The summed E-state index contributed by atoms with van der Waals surface area (Å²) >= 11 is 0. The van der Waals surface area contributed by atoms with Crippen LogP contribution in [0.3, 0.4) is 0 Å². The molecule has 21 heavy (non-hydrogen) atoms. The zero-order valence-electron chi connectivity index (χ0n) is 12.0. The van der Waals surface area contributed by atoms with E-state index in [1.807, 2.05) is 6.20 Å². The molecule has 2 aliphatic rings. The molecule has 1 aromatic rings. The molecule has 2 heterocycles. The molecule has 0 aromatic carbocycles. The van der Waals surface area contributed by atoms with E-state index in [0.29, 0.717) is 32.0 Å². The van der Waals surface area contributed by atoms with Crippen molar-refractivity contribution in [3.63, 3.8) is 0 Å². The number of halogens is 2. The van der Waals surface area contributed by atoms with Crippen LogP contribution < -0.4 is 11.3 Å². The molecule has 2 N–H and O–H groups in total. The average molecular weight is 297 g/mol. The lowest BCUT2D eigenvalue weighted by atomic mass is 10.2. The van der Waals surface area contributed by atoms with Crippen molar-refractivity contribution in [2.24, 2.45) is 0 Å². The minimum atomic E-state index is -2.55. The summed E-state index contributed by atoms with van der Waals surface area (Å²) in [7, 11) is 0. The van der Waals surface area contributed by atoms with Crippen molar-refractivity contribution in [1.29, 1.82) is 0 Å². The quantitative estimate of drug-likeness (QED) is 0.905. The normalized spacial score (nSPS) is 21.8. The van der Waals surface area contributed by atoms with E-state index >= 15 is 0 Å². The highest BCUT2D eigenvalue weighted by Crippen LogP contribution is 2.40. The van der Waals surface area contributed by atoms with Gasteiger partial charge in [0.15, 0.2) is 0 Å². The van der Waals surface area contributed by atoms with Gasteiger partial charge in [-0.1, -0.05) is 0 Å². The molecule has 0 spiro atoms. The summed E-state index contributed by atoms with van der Waals surface area (Å²) in [5, 5.41) is 0. The maximum atomic E-state index is 13.1. The van der Waals surface area contributed by atoms with Crippen LogP contribution in [0.1, 0.15) is 37.2 Å². The third-order valence-corrected chi connectivity index (χ3v) is 4.31. The highest BCUT2D eigenvalue weighted by molar-refractivity contribution is 5.40. The van der Waals surface area contributed by atoms with Crippen molar-refractivity contribution in [1.82, 2.24) is 9.47 Å². The number of anilines is 1. The number of hydrogen-bond acceptors (Lipinski definition) is 3. The maximum absolute atomic E-state index is 13.1. The Morgan fingerprint density at radius 2 is 2.10 bits per heavy atom. The third kappa shape index (κ3) is 3.43. The van der Waals surface area contributed by atoms with Crippen LogP contribution in [0, 0.1) is 0 Å². The lowest BCUT2D eigenvalue weighted by molar-refractivity contribution is 0.0121. The van der Waals surface area contributed by atoms with Gasteiger partial charge in [0.2, 0.25) is 0 Å². The van der Waals surface area contributed by atoms with Crippen LogP contribution in [-0.2, 0) is 6.54 Å². The van der Waals surface area contributed by atoms with Gasteiger partial charge in [-0.25, -0.2) is 8.78 Å². The first kappa shape index (κ1) is 14.5. The zero-order valence-corrected chi connectivity index (χ0v) is 12.0. The molecule has 6 heteroatoms. The fourth-order valence-electron chi connectivity index (χ4n) is 2.95. The Hall–Kier alpha value is -1.43. The third-order valence-electron chi connectivity index (χ3n) is 4.31. The zero-order chi connectivity index (χ0) is 15.0. The van der Waals surface area contributed by atoms with Crippen LogP contribution in [0.15, 0.2) is 17.1 Å². The van der Waals surface area contributed by atoms with Crippen molar-refractivity contribution in [2.75, 3.05) is 25.4 Å². The lowest BCUT2D eigenvalue weighted by Gasteiger charge is -2.16. The Bertz CT molecular complexity index is 581.